The second kappa shape index (κ2) is 6.89. The first kappa shape index (κ1) is 18.4. The first-order valence-corrected chi connectivity index (χ1v) is 9.50. The highest BCUT2D eigenvalue weighted by atomic mass is 35.5. The van der Waals surface area contributed by atoms with Gasteiger partial charge >= 0.3 is 0 Å². The molecule has 1 saturated carbocycles. The number of nitriles is 1. The topological polar surface area (TPSA) is 95.5 Å². The maximum Gasteiger partial charge on any atom is 0.241 e. The normalized spacial score (nSPS) is 25.6. The van der Waals surface area contributed by atoms with E-state index in [0.29, 0.717) is 43.0 Å². The second-order valence-corrected chi connectivity index (χ2v) is 7.71. The number of fused-ring (bicyclic) bond motifs is 1. The van der Waals surface area contributed by atoms with Gasteiger partial charge in [0.2, 0.25) is 5.95 Å². The third-order valence-corrected chi connectivity index (χ3v) is 6.24. The highest BCUT2D eigenvalue weighted by molar-refractivity contribution is 6.35. The van der Waals surface area contributed by atoms with Gasteiger partial charge in [-0.05, 0) is 26.2 Å². The van der Waals surface area contributed by atoms with Gasteiger partial charge < -0.3 is 15.2 Å². The summed E-state index contributed by atoms with van der Waals surface area (Å²) in [7, 11) is 0. The lowest BCUT2D eigenvalue weighted by Gasteiger charge is -2.43. The van der Waals surface area contributed by atoms with Crippen LogP contribution in [0.1, 0.15) is 43.9 Å². The minimum Gasteiger partial charge on any atom is -0.389 e. The molecule has 7 nitrogen and oxygen atoms in total. The van der Waals surface area contributed by atoms with E-state index < -0.39 is 17.7 Å². The van der Waals surface area contributed by atoms with Gasteiger partial charge in [-0.15, -0.1) is 5.10 Å². The molecule has 1 saturated heterocycles. The van der Waals surface area contributed by atoms with Crippen LogP contribution in [-0.4, -0.2) is 51.2 Å². The molecule has 1 unspecified atom stereocenters. The number of nitrogens with one attached hydrogen (secondary N) is 1. The molecule has 0 amide bonds. The molecule has 2 aromatic rings. The lowest BCUT2D eigenvalue weighted by atomic mass is 9.63. The molecule has 4 rings (SSSR count). The number of halogens is 2. The molecule has 1 aliphatic heterocycles. The van der Waals surface area contributed by atoms with Crippen LogP contribution in [0.15, 0.2) is 6.20 Å². The quantitative estimate of drug-likeness (QED) is 0.829. The van der Waals surface area contributed by atoms with Gasteiger partial charge in [0.25, 0.3) is 0 Å². The lowest BCUT2D eigenvalue weighted by Crippen LogP contribution is -2.44. The smallest absolute Gasteiger partial charge is 0.241 e. The third-order valence-electron chi connectivity index (χ3n) is 5.86. The molecule has 0 spiro atoms. The highest BCUT2D eigenvalue weighted by Crippen LogP contribution is 2.50. The highest BCUT2D eigenvalue weighted by Gasteiger charge is 2.48. The minimum absolute atomic E-state index is 0.237. The molecule has 3 atom stereocenters. The van der Waals surface area contributed by atoms with Gasteiger partial charge in [0.15, 0.2) is 0 Å². The first-order chi connectivity index (χ1) is 13.0. The number of aliphatic hydroxyl groups excluding tert-OH is 1. The van der Waals surface area contributed by atoms with E-state index in [1.165, 1.54) is 13.1 Å². The van der Waals surface area contributed by atoms with Crippen LogP contribution in [0.3, 0.4) is 0 Å². The molecule has 2 fully saturated rings. The fourth-order valence-electron chi connectivity index (χ4n) is 4.08. The zero-order valence-corrected chi connectivity index (χ0v) is 15.7. The summed E-state index contributed by atoms with van der Waals surface area (Å²) in [5.74, 6) is 0.298. The fraction of sp³-hybridized carbons (Fsp3) is 0.611. The molecule has 2 aliphatic rings. The van der Waals surface area contributed by atoms with Crippen LogP contribution in [0.2, 0.25) is 5.02 Å². The number of hydrogen-bond acceptors (Lipinski definition) is 6. The summed E-state index contributed by atoms with van der Waals surface area (Å²) >= 11 is 6.40. The van der Waals surface area contributed by atoms with Gasteiger partial charge in [0.05, 0.1) is 41.2 Å². The van der Waals surface area contributed by atoms with Gasteiger partial charge in [-0.25, -0.2) is 13.9 Å². The molecule has 144 valence electrons. The SMILES string of the molecule is CC(F)C1(c2c(C#N)c(Cl)c3cnc(N[C@@H]4CCOC[C@H]4O)nn23)CCC1. The molecule has 3 heterocycles. The number of aliphatic hydroxyl groups is 1. The van der Waals surface area contributed by atoms with Gasteiger partial charge in [-0.1, -0.05) is 18.0 Å². The van der Waals surface area contributed by atoms with E-state index in [4.69, 9.17) is 16.3 Å². The number of hydrogen-bond donors (Lipinski definition) is 2. The van der Waals surface area contributed by atoms with E-state index in [9.17, 15) is 14.8 Å². The molecule has 9 heteroatoms. The Morgan fingerprint density at radius 2 is 2.33 bits per heavy atom. The van der Waals surface area contributed by atoms with Gasteiger partial charge in [-0.3, -0.25) is 0 Å². The molecular weight excluding hydrogens is 373 g/mol. The van der Waals surface area contributed by atoms with E-state index in [-0.39, 0.29) is 23.2 Å². The van der Waals surface area contributed by atoms with Crippen LogP contribution >= 0.6 is 11.6 Å². The summed E-state index contributed by atoms with van der Waals surface area (Å²) < 4.78 is 21.4. The van der Waals surface area contributed by atoms with E-state index in [1.54, 1.807) is 4.52 Å². The number of ether oxygens (including phenoxy) is 1. The summed E-state index contributed by atoms with van der Waals surface area (Å²) in [4.78, 5) is 4.27. The minimum atomic E-state index is -1.13. The predicted molar refractivity (Wildman–Crippen MR) is 97.7 cm³/mol. The Morgan fingerprint density at radius 3 is 2.93 bits per heavy atom. The van der Waals surface area contributed by atoms with Crippen molar-refractivity contribution in [3.63, 3.8) is 0 Å². The van der Waals surface area contributed by atoms with E-state index in [0.717, 1.165) is 6.42 Å². The standard InChI is InChI=1S/C18H21ClFN5O2/c1-10(20)18(4-2-5-18)16-11(7-21)15(19)13-8-22-17(24-25(13)16)23-12-3-6-27-9-14(12)26/h8,10,12,14,26H,2-6,9H2,1H3,(H,23,24)/t10?,12-,14-/m1/s1. The van der Waals surface area contributed by atoms with Crippen molar-refractivity contribution < 1.29 is 14.2 Å². The number of anilines is 1. The van der Waals surface area contributed by atoms with Crippen molar-refractivity contribution >= 4 is 23.1 Å². The third kappa shape index (κ3) is 2.85. The monoisotopic (exact) mass is 393 g/mol. The predicted octanol–water partition coefficient (Wildman–Crippen LogP) is 2.60. The van der Waals surface area contributed by atoms with E-state index in [1.807, 2.05) is 0 Å². The van der Waals surface area contributed by atoms with Gasteiger partial charge in [0, 0.05) is 12.0 Å². The van der Waals surface area contributed by atoms with Crippen molar-refractivity contribution in [3.8, 4) is 6.07 Å². The Bertz CT molecular complexity index is 905. The van der Waals surface area contributed by atoms with Crippen molar-refractivity contribution in [2.45, 2.75) is 56.3 Å². The summed E-state index contributed by atoms with van der Waals surface area (Å²) in [6.07, 6.45) is 2.55. The molecule has 1 aliphatic carbocycles. The number of alkyl halides is 1. The van der Waals surface area contributed by atoms with E-state index >= 15 is 0 Å². The van der Waals surface area contributed by atoms with Crippen molar-refractivity contribution in [3.05, 3.63) is 22.5 Å². The Kier molecular flexibility index (Phi) is 4.70. The van der Waals surface area contributed by atoms with Crippen molar-refractivity contribution in [1.29, 1.82) is 5.26 Å². The summed E-state index contributed by atoms with van der Waals surface area (Å²) in [5.41, 5.74) is 0.501. The van der Waals surface area contributed by atoms with E-state index in [2.05, 4.69) is 21.5 Å². The molecule has 0 radical (unpaired) electrons. The zero-order valence-electron chi connectivity index (χ0n) is 15.0. The maximum absolute atomic E-state index is 14.6. The Hall–Kier alpha value is -1.95. The molecule has 27 heavy (non-hydrogen) atoms. The largest absolute Gasteiger partial charge is 0.389 e. The zero-order chi connectivity index (χ0) is 19.2. The number of nitrogens with zero attached hydrogens (tertiary/aromatic N) is 4. The molecule has 2 N–H and O–H groups in total. The van der Waals surface area contributed by atoms with Gasteiger partial charge in [-0.2, -0.15) is 5.26 Å². The van der Waals surface area contributed by atoms with Crippen molar-refractivity contribution in [1.82, 2.24) is 14.6 Å². The summed E-state index contributed by atoms with van der Waals surface area (Å²) in [6.45, 7) is 2.31. The van der Waals surface area contributed by atoms with Crippen LogP contribution in [0, 0.1) is 11.3 Å². The number of aromatic nitrogens is 3. The van der Waals surface area contributed by atoms with Crippen LogP contribution < -0.4 is 5.32 Å². The molecule has 0 aromatic carbocycles. The van der Waals surface area contributed by atoms with Crippen molar-refractivity contribution in [2.24, 2.45) is 0 Å². The van der Waals surface area contributed by atoms with Crippen LogP contribution in [-0.2, 0) is 10.2 Å². The molecule has 0 bridgehead atoms. The lowest BCUT2D eigenvalue weighted by molar-refractivity contribution is -0.0136. The first-order valence-electron chi connectivity index (χ1n) is 9.12. The summed E-state index contributed by atoms with van der Waals surface area (Å²) in [6, 6.07) is 1.89. The Labute approximate surface area is 161 Å². The Balaban J connectivity index is 1.81. The van der Waals surface area contributed by atoms with Crippen molar-refractivity contribution in [2.75, 3.05) is 18.5 Å². The average Bonchev–Trinajstić information content (AvgIpc) is 2.88. The van der Waals surface area contributed by atoms with Crippen LogP contribution in [0.5, 0.6) is 0 Å². The second-order valence-electron chi connectivity index (χ2n) is 7.34. The van der Waals surface area contributed by atoms with Gasteiger partial charge in [0.1, 0.15) is 17.8 Å². The molecule has 2 aromatic heterocycles. The average molecular weight is 394 g/mol. The summed E-state index contributed by atoms with van der Waals surface area (Å²) in [5, 5.41) is 27.6. The fourth-order valence-corrected chi connectivity index (χ4v) is 4.34. The number of rotatable bonds is 4. The Morgan fingerprint density at radius 1 is 1.56 bits per heavy atom. The van der Waals surface area contributed by atoms with Crippen LogP contribution in [0.4, 0.5) is 10.3 Å². The van der Waals surface area contributed by atoms with Crippen LogP contribution in [0.25, 0.3) is 5.52 Å². The maximum atomic E-state index is 14.6. The molecular formula is C18H21ClFN5O2.